The van der Waals surface area contributed by atoms with Crippen molar-refractivity contribution in [3.05, 3.63) is 83.6 Å². The van der Waals surface area contributed by atoms with Crippen molar-refractivity contribution in [2.45, 2.75) is 38.3 Å². The molecule has 2 aromatic carbocycles. The fourth-order valence-electron chi connectivity index (χ4n) is 3.94. The fourth-order valence-corrected chi connectivity index (χ4v) is 3.94. The number of amides is 2. The third-order valence-corrected chi connectivity index (χ3v) is 6.29. The molecule has 1 unspecified atom stereocenters. The summed E-state index contributed by atoms with van der Waals surface area (Å²) in [7, 11) is 3.60. The van der Waals surface area contributed by atoms with E-state index >= 15 is 0 Å². The van der Waals surface area contributed by atoms with Crippen molar-refractivity contribution in [1.82, 2.24) is 14.9 Å². The van der Waals surface area contributed by atoms with Gasteiger partial charge in [-0.05, 0) is 68.6 Å². The predicted octanol–water partition coefficient (Wildman–Crippen LogP) is 5.51. The molecule has 1 heterocycles. The molecule has 3 rings (SSSR count). The molecule has 0 bridgehead atoms. The number of alkyl halides is 3. The maximum Gasteiger partial charge on any atom is 0.283 e. The van der Waals surface area contributed by atoms with Gasteiger partial charge in [0.25, 0.3) is 11.8 Å². The molecule has 0 spiro atoms. The van der Waals surface area contributed by atoms with Gasteiger partial charge in [-0.15, -0.1) is 0 Å². The van der Waals surface area contributed by atoms with E-state index in [1.165, 1.54) is 30.5 Å². The fraction of sp³-hybridized carbons (Fsp3) is 0.323. The molecule has 0 aliphatic heterocycles. The normalized spacial score (nSPS) is 12.2. The number of allylic oxidation sites excluding steroid dienone is 1. The summed E-state index contributed by atoms with van der Waals surface area (Å²) in [5.41, 5.74) is 6.00. The first-order valence-electron chi connectivity index (χ1n) is 13.9. The Hall–Kier alpha value is -4.78. The Balaban J connectivity index is 1.71. The lowest BCUT2D eigenvalue weighted by Crippen LogP contribution is -2.24. The second-order valence-corrected chi connectivity index (χ2v) is 10.3. The maximum absolute atomic E-state index is 15.0. The van der Waals surface area contributed by atoms with Crippen LogP contribution in [0.3, 0.4) is 0 Å². The van der Waals surface area contributed by atoms with Crippen LogP contribution < -0.4 is 21.7 Å². The Morgan fingerprint density at radius 1 is 1.09 bits per heavy atom. The number of nitrogens with two attached hydrogens (primary N) is 1. The van der Waals surface area contributed by atoms with Crippen molar-refractivity contribution < 1.29 is 27.6 Å². The summed E-state index contributed by atoms with van der Waals surface area (Å²) in [5, 5.41) is 8.63. The Kier molecular flexibility index (Phi) is 12.0. The van der Waals surface area contributed by atoms with E-state index in [1.54, 1.807) is 49.3 Å². The molecule has 10 nitrogen and oxygen atoms in total. The summed E-state index contributed by atoms with van der Waals surface area (Å²) in [6.07, 6.45) is 0.640. The first kappa shape index (κ1) is 33.7. The average molecular weight is 612 g/mol. The molecule has 3 aromatic rings. The summed E-state index contributed by atoms with van der Waals surface area (Å²) in [6, 6.07) is 11.4. The third-order valence-electron chi connectivity index (χ3n) is 6.29. The molecule has 234 valence electrons. The minimum atomic E-state index is -3.80. The van der Waals surface area contributed by atoms with Crippen molar-refractivity contribution in [3.8, 4) is 0 Å². The van der Waals surface area contributed by atoms with E-state index in [0.29, 0.717) is 24.3 Å². The first-order chi connectivity index (χ1) is 20.9. The zero-order chi connectivity index (χ0) is 32.3. The van der Waals surface area contributed by atoms with Crippen molar-refractivity contribution in [1.29, 1.82) is 0 Å². The lowest BCUT2D eigenvalue weighted by molar-refractivity contribution is -0.119. The molecular weight excluding hydrogens is 575 g/mol. The van der Waals surface area contributed by atoms with Crippen LogP contribution in [0.1, 0.15) is 58.6 Å². The molecule has 44 heavy (non-hydrogen) atoms. The molecular formula is C31H36F3N7O3. The van der Waals surface area contributed by atoms with E-state index in [1.807, 2.05) is 6.92 Å². The minimum absolute atomic E-state index is 0.0708. The lowest BCUT2D eigenvalue weighted by Gasteiger charge is -2.21. The lowest BCUT2D eigenvalue weighted by atomic mass is 9.99. The standard InChI is InChI=1S/C31H36F3N7O3/c1-4-16-36-28-25(19-37-30(40-28)39-22-12-10-20(11-13-22)27(35)43)29(44)38-23-8-5-7-21(18-23)26(32)31(33,34)15-14-24(42)9-6-17-41(2)3/h5-13,18-19,26H,4,14-17H2,1-3H3,(H2,35,43)(H,38,44)(H2,36,37,39,40)/b9-6+. The van der Waals surface area contributed by atoms with E-state index in [0.717, 1.165) is 12.5 Å². The van der Waals surface area contributed by atoms with Gasteiger partial charge in [-0.3, -0.25) is 14.4 Å². The van der Waals surface area contributed by atoms with Crippen LogP contribution in [0.25, 0.3) is 0 Å². The van der Waals surface area contributed by atoms with Crippen LogP contribution in [0.2, 0.25) is 0 Å². The van der Waals surface area contributed by atoms with Crippen LogP contribution in [-0.2, 0) is 4.79 Å². The van der Waals surface area contributed by atoms with E-state index in [-0.39, 0.29) is 28.6 Å². The highest BCUT2D eigenvalue weighted by Crippen LogP contribution is 2.39. The zero-order valence-electron chi connectivity index (χ0n) is 24.7. The topological polar surface area (TPSA) is 142 Å². The smallest absolute Gasteiger partial charge is 0.283 e. The van der Waals surface area contributed by atoms with Crippen LogP contribution in [0, 0.1) is 0 Å². The van der Waals surface area contributed by atoms with E-state index < -0.39 is 42.5 Å². The van der Waals surface area contributed by atoms with Crippen LogP contribution in [0.5, 0.6) is 0 Å². The van der Waals surface area contributed by atoms with Crippen LogP contribution in [0.15, 0.2) is 66.9 Å². The predicted molar refractivity (Wildman–Crippen MR) is 164 cm³/mol. The Morgan fingerprint density at radius 2 is 1.82 bits per heavy atom. The van der Waals surface area contributed by atoms with Gasteiger partial charge in [0.2, 0.25) is 11.9 Å². The molecule has 1 atom stereocenters. The zero-order valence-corrected chi connectivity index (χ0v) is 24.7. The number of anilines is 4. The summed E-state index contributed by atoms with van der Waals surface area (Å²) < 4.78 is 44.4. The van der Waals surface area contributed by atoms with E-state index in [9.17, 15) is 27.6 Å². The second-order valence-electron chi connectivity index (χ2n) is 10.3. The van der Waals surface area contributed by atoms with Gasteiger partial charge in [0.1, 0.15) is 11.4 Å². The number of nitrogens with zero attached hydrogens (tertiary/aromatic N) is 3. The quantitative estimate of drug-likeness (QED) is 0.156. The van der Waals surface area contributed by atoms with Gasteiger partial charge < -0.3 is 26.6 Å². The van der Waals surface area contributed by atoms with E-state index in [2.05, 4.69) is 25.9 Å². The third kappa shape index (κ3) is 9.90. The largest absolute Gasteiger partial charge is 0.369 e. The van der Waals surface area contributed by atoms with Gasteiger partial charge in [0.15, 0.2) is 12.0 Å². The number of hydrogen-bond donors (Lipinski definition) is 4. The van der Waals surface area contributed by atoms with Crippen molar-refractivity contribution in [3.63, 3.8) is 0 Å². The Labute approximate surface area is 253 Å². The number of rotatable bonds is 16. The number of primary amides is 1. The Morgan fingerprint density at radius 3 is 2.48 bits per heavy atom. The molecule has 13 heteroatoms. The van der Waals surface area contributed by atoms with Gasteiger partial charge >= 0.3 is 0 Å². The highest BCUT2D eigenvalue weighted by molar-refractivity contribution is 6.07. The SMILES string of the molecule is CCCNc1nc(Nc2ccc(C(N)=O)cc2)ncc1C(=O)Nc1cccc(C(F)C(F)(F)CCC(=O)/C=C/CN(C)C)c1. The molecule has 0 fully saturated rings. The number of benzene rings is 2. The number of carbonyl (C=O) groups excluding carboxylic acids is 3. The number of aromatic nitrogens is 2. The van der Waals surface area contributed by atoms with Gasteiger partial charge in [0.05, 0.1) is 0 Å². The average Bonchev–Trinajstić information content (AvgIpc) is 2.99. The number of hydrogen-bond acceptors (Lipinski definition) is 8. The number of carbonyl (C=O) groups is 3. The van der Waals surface area contributed by atoms with E-state index in [4.69, 9.17) is 5.73 Å². The van der Waals surface area contributed by atoms with Crippen molar-refractivity contribution in [2.24, 2.45) is 5.73 Å². The molecule has 2 amide bonds. The van der Waals surface area contributed by atoms with Gasteiger partial charge in [-0.1, -0.05) is 25.1 Å². The van der Waals surface area contributed by atoms with Crippen LogP contribution >= 0.6 is 0 Å². The monoisotopic (exact) mass is 611 g/mol. The minimum Gasteiger partial charge on any atom is -0.369 e. The number of halogens is 3. The number of ketones is 1. The molecule has 5 N–H and O–H groups in total. The Bertz CT molecular complexity index is 1480. The van der Waals surface area contributed by atoms with Crippen molar-refractivity contribution in [2.75, 3.05) is 43.1 Å². The summed E-state index contributed by atoms with van der Waals surface area (Å²) in [4.78, 5) is 46.8. The molecule has 1 aromatic heterocycles. The van der Waals surface area contributed by atoms with Gasteiger partial charge in [0, 0.05) is 49.1 Å². The molecule has 0 saturated heterocycles. The first-order valence-corrected chi connectivity index (χ1v) is 13.9. The second kappa shape index (κ2) is 15.6. The molecule has 0 aliphatic rings. The molecule has 0 saturated carbocycles. The summed E-state index contributed by atoms with van der Waals surface area (Å²) >= 11 is 0. The van der Waals surface area contributed by atoms with Gasteiger partial charge in [-0.25, -0.2) is 18.2 Å². The van der Waals surface area contributed by atoms with Gasteiger partial charge in [-0.2, -0.15) is 4.98 Å². The highest BCUT2D eigenvalue weighted by atomic mass is 19.3. The molecule has 0 radical (unpaired) electrons. The summed E-state index contributed by atoms with van der Waals surface area (Å²) in [6.45, 7) is 2.90. The number of nitrogens with one attached hydrogen (secondary N) is 3. The number of likely N-dealkylation sites (N-methyl/N-ethyl adjacent to an activating group) is 1. The van der Waals surface area contributed by atoms with Crippen LogP contribution in [0.4, 0.5) is 36.3 Å². The van der Waals surface area contributed by atoms with Crippen LogP contribution in [-0.4, -0.2) is 65.6 Å². The molecule has 0 aliphatic carbocycles. The maximum atomic E-state index is 15.0. The van der Waals surface area contributed by atoms with Crippen molar-refractivity contribution >= 4 is 40.7 Å². The highest BCUT2D eigenvalue weighted by Gasteiger charge is 2.41. The summed E-state index contributed by atoms with van der Waals surface area (Å²) in [5.74, 6) is -5.14.